The van der Waals surface area contributed by atoms with Crippen molar-refractivity contribution in [2.75, 3.05) is 0 Å². The molecule has 0 spiro atoms. The number of hydrogen-bond donors (Lipinski definition) is 0. The van der Waals surface area contributed by atoms with Gasteiger partial charge in [-0.1, -0.05) is 158 Å². The molecule has 9 aromatic rings. The van der Waals surface area contributed by atoms with Gasteiger partial charge < -0.3 is 4.42 Å². The number of furan rings is 1. The van der Waals surface area contributed by atoms with Gasteiger partial charge in [0.2, 0.25) is 0 Å². The van der Waals surface area contributed by atoms with Crippen molar-refractivity contribution in [3.05, 3.63) is 187 Å². The summed E-state index contributed by atoms with van der Waals surface area (Å²) in [6.07, 6.45) is 9.05. The normalized spacial score (nSPS) is 15.8. The zero-order chi connectivity index (χ0) is 34.9. The Morgan fingerprint density at radius 3 is 1.70 bits per heavy atom. The molecule has 2 atom stereocenters. The number of nitrogens with zero attached hydrogens (tertiary/aromatic N) is 3. The summed E-state index contributed by atoms with van der Waals surface area (Å²) in [6.45, 7) is 0. The third-order valence-corrected chi connectivity index (χ3v) is 10.9. The lowest BCUT2D eigenvalue weighted by Gasteiger charge is -2.17. The predicted octanol–water partition coefficient (Wildman–Crippen LogP) is 12.6. The van der Waals surface area contributed by atoms with E-state index in [0.29, 0.717) is 29.3 Å². The van der Waals surface area contributed by atoms with Crippen molar-refractivity contribution in [3.8, 4) is 56.4 Å². The molecule has 0 bridgehead atoms. The molecule has 0 fully saturated rings. The first kappa shape index (κ1) is 29.8. The van der Waals surface area contributed by atoms with Gasteiger partial charge >= 0.3 is 0 Å². The molecule has 0 saturated carbocycles. The van der Waals surface area contributed by atoms with E-state index in [2.05, 4.69) is 140 Å². The van der Waals surface area contributed by atoms with Gasteiger partial charge in [-0.15, -0.1) is 0 Å². The van der Waals surface area contributed by atoms with Crippen molar-refractivity contribution in [2.24, 2.45) is 0 Å². The van der Waals surface area contributed by atoms with Crippen molar-refractivity contribution in [3.63, 3.8) is 0 Å². The summed E-state index contributed by atoms with van der Waals surface area (Å²) < 4.78 is 6.50. The van der Waals surface area contributed by atoms with Crippen molar-refractivity contribution in [1.82, 2.24) is 15.0 Å². The fraction of sp³-hybridized carbons (Fsp3) is 0.0408. The Hall–Kier alpha value is -6.91. The van der Waals surface area contributed by atoms with Gasteiger partial charge in [0.25, 0.3) is 0 Å². The Bertz CT molecular complexity index is 2920. The molecule has 53 heavy (non-hydrogen) atoms. The summed E-state index contributed by atoms with van der Waals surface area (Å²) in [5.74, 6) is 2.54. The number of benzene rings is 7. The number of allylic oxidation sites excluding steroid dienone is 4. The van der Waals surface area contributed by atoms with Crippen LogP contribution in [0.2, 0.25) is 0 Å². The molecule has 0 amide bonds. The van der Waals surface area contributed by atoms with Gasteiger partial charge in [-0.25, -0.2) is 15.0 Å². The molecule has 248 valence electrons. The maximum Gasteiger partial charge on any atom is 0.165 e. The van der Waals surface area contributed by atoms with Gasteiger partial charge in [0.15, 0.2) is 17.5 Å². The van der Waals surface area contributed by atoms with E-state index in [4.69, 9.17) is 19.4 Å². The average molecular weight is 678 g/mol. The van der Waals surface area contributed by atoms with Gasteiger partial charge in [0.05, 0.1) is 0 Å². The second kappa shape index (κ2) is 11.8. The zero-order valence-electron chi connectivity index (χ0n) is 28.6. The Morgan fingerprint density at radius 2 is 0.943 bits per heavy atom. The molecule has 0 N–H and O–H groups in total. The van der Waals surface area contributed by atoms with Crippen LogP contribution in [0.1, 0.15) is 23.0 Å². The minimum atomic E-state index is 0.349. The minimum Gasteiger partial charge on any atom is -0.456 e. The van der Waals surface area contributed by atoms with Crippen molar-refractivity contribution in [1.29, 1.82) is 0 Å². The van der Waals surface area contributed by atoms with Gasteiger partial charge in [-0.2, -0.15) is 0 Å². The average Bonchev–Trinajstić information content (AvgIpc) is 3.78. The van der Waals surface area contributed by atoms with E-state index in [1.54, 1.807) is 0 Å². The van der Waals surface area contributed by atoms with Gasteiger partial charge in [-0.3, -0.25) is 0 Å². The molecular weight excluding hydrogens is 647 g/mol. The maximum atomic E-state index is 6.50. The molecule has 2 aromatic heterocycles. The minimum absolute atomic E-state index is 0.349. The first-order valence-electron chi connectivity index (χ1n) is 18.1. The number of para-hydroxylation sites is 1. The Balaban J connectivity index is 1.19. The van der Waals surface area contributed by atoms with Crippen molar-refractivity contribution >= 4 is 32.7 Å². The number of aromatic nitrogens is 3. The molecule has 2 aliphatic rings. The molecule has 2 unspecified atom stereocenters. The highest BCUT2D eigenvalue weighted by atomic mass is 16.3. The van der Waals surface area contributed by atoms with Gasteiger partial charge in [-0.05, 0) is 62.4 Å². The standard InChI is InChI=1S/C49H31N3O/c1-3-12-30(13-4-1)31-22-24-33(25-23-31)48-50-47(32-14-5-2-6-15-32)51-49(52-48)46-40(28-29-43-45(46)41-18-9-10-21-42(41)53-43)36-26-27-39-35-17-8-7-16-34(35)37-19-11-20-38(36)44(37)39/h1-29,34-35H. The quantitative estimate of drug-likeness (QED) is 0.182. The van der Waals surface area contributed by atoms with Crippen LogP contribution in [-0.4, -0.2) is 15.0 Å². The predicted molar refractivity (Wildman–Crippen MR) is 216 cm³/mol. The van der Waals surface area contributed by atoms with E-state index in [1.807, 2.05) is 36.4 Å². The highest BCUT2D eigenvalue weighted by molar-refractivity contribution is 6.17. The maximum absolute atomic E-state index is 6.50. The third kappa shape index (κ3) is 4.73. The fourth-order valence-corrected chi connectivity index (χ4v) is 8.50. The molecule has 7 aromatic carbocycles. The van der Waals surface area contributed by atoms with Crippen molar-refractivity contribution in [2.45, 2.75) is 11.8 Å². The molecule has 0 radical (unpaired) electrons. The second-order valence-corrected chi connectivity index (χ2v) is 13.9. The fourth-order valence-electron chi connectivity index (χ4n) is 8.50. The lowest BCUT2D eigenvalue weighted by atomic mass is 9.86. The summed E-state index contributed by atoms with van der Waals surface area (Å²) >= 11 is 0. The highest BCUT2D eigenvalue weighted by Gasteiger charge is 2.33. The first-order valence-corrected chi connectivity index (χ1v) is 18.1. The number of rotatable bonds is 5. The Kier molecular flexibility index (Phi) is 6.65. The Labute approximate surface area is 306 Å². The van der Waals surface area contributed by atoms with E-state index in [1.165, 1.54) is 27.5 Å². The number of hydrogen-bond acceptors (Lipinski definition) is 4. The molecule has 2 heterocycles. The van der Waals surface area contributed by atoms with Crippen molar-refractivity contribution < 1.29 is 4.42 Å². The largest absolute Gasteiger partial charge is 0.456 e. The van der Waals surface area contributed by atoms with E-state index < -0.39 is 0 Å². The van der Waals surface area contributed by atoms with Crippen LogP contribution >= 0.6 is 0 Å². The summed E-state index contributed by atoms with van der Waals surface area (Å²) in [5.41, 5.74) is 11.7. The summed E-state index contributed by atoms with van der Waals surface area (Å²) in [6, 6.07) is 53.0. The van der Waals surface area contributed by atoms with E-state index >= 15 is 0 Å². The molecule has 4 nitrogen and oxygen atoms in total. The monoisotopic (exact) mass is 677 g/mol. The zero-order valence-corrected chi connectivity index (χ0v) is 28.6. The van der Waals surface area contributed by atoms with E-state index in [9.17, 15) is 0 Å². The highest BCUT2D eigenvalue weighted by Crippen LogP contribution is 2.52. The summed E-state index contributed by atoms with van der Waals surface area (Å²) in [4.78, 5) is 15.7. The smallest absolute Gasteiger partial charge is 0.165 e. The van der Waals surface area contributed by atoms with Crippen LogP contribution in [0.5, 0.6) is 0 Å². The van der Waals surface area contributed by atoms with Crippen LogP contribution in [0, 0.1) is 0 Å². The molecule has 0 aliphatic heterocycles. The van der Waals surface area contributed by atoms with E-state index in [0.717, 1.165) is 55.3 Å². The molecule has 4 heteroatoms. The van der Waals surface area contributed by atoms with Crippen LogP contribution in [0.4, 0.5) is 0 Å². The number of fused-ring (bicyclic) bond motifs is 6. The lowest BCUT2D eigenvalue weighted by Crippen LogP contribution is -2.02. The molecule has 0 saturated heterocycles. The Morgan fingerprint density at radius 1 is 0.377 bits per heavy atom. The van der Waals surface area contributed by atoms with Crippen LogP contribution in [0.15, 0.2) is 180 Å². The third-order valence-electron chi connectivity index (χ3n) is 10.9. The lowest BCUT2D eigenvalue weighted by molar-refractivity contribution is 0.669. The van der Waals surface area contributed by atoms with Crippen LogP contribution < -0.4 is 0 Å². The van der Waals surface area contributed by atoms with Gasteiger partial charge in [0.1, 0.15) is 11.2 Å². The molecular formula is C49H31N3O. The SMILES string of the molecule is C1=CC2c3cccc4c(-c5ccc6oc7ccccc7c6c5-c5nc(-c6ccccc6)nc(-c6ccc(-c7ccccc7)cc6)n5)ccc(c34)C2C=C1. The van der Waals surface area contributed by atoms with E-state index in [-0.39, 0.29) is 0 Å². The van der Waals surface area contributed by atoms with Crippen LogP contribution in [0.25, 0.3) is 89.1 Å². The van der Waals surface area contributed by atoms with Gasteiger partial charge in [0, 0.05) is 39.3 Å². The van der Waals surface area contributed by atoms with Crippen LogP contribution in [-0.2, 0) is 0 Å². The first-order chi connectivity index (χ1) is 26.3. The molecule has 11 rings (SSSR count). The topological polar surface area (TPSA) is 51.8 Å². The summed E-state index contributed by atoms with van der Waals surface area (Å²) in [5, 5.41) is 4.61. The summed E-state index contributed by atoms with van der Waals surface area (Å²) in [7, 11) is 0. The van der Waals surface area contributed by atoms with Crippen LogP contribution in [0.3, 0.4) is 0 Å². The second-order valence-electron chi connectivity index (χ2n) is 13.9. The molecule has 2 aliphatic carbocycles.